The van der Waals surface area contributed by atoms with Crippen molar-refractivity contribution in [3.8, 4) is 28.6 Å². The van der Waals surface area contributed by atoms with Crippen LogP contribution in [0.1, 0.15) is 23.3 Å². The van der Waals surface area contributed by atoms with Crippen LogP contribution >= 0.6 is 0 Å². The van der Waals surface area contributed by atoms with Crippen molar-refractivity contribution < 1.29 is 65.0 Å². The first-order valence-corrected chi connectivity index (χ1v) is 12.2. The largest absolute Gasteiger partial charge is 0.508 e. The second kappa shape index (κ2) is 10.3. The Bertz CT molecular complexity index is 1470. The lowest BCUT2D eigenvalue weighted by atomic mass is 9.86. The zero-order chi connectivity index (χ0) is 29.1. The smallest absolute Gasteiger partial charge is 0.197 e. The van der Waals surface area contributed by atoms with Crippen LogP contribution in [-0.4, -0.2) is 107 Å². The molecule has 0 amide bonds. The average Bonchev–Trinajstić information content (AvgIpc) is 3.22. The lowest BCUT2D eigenvalue weighted by Gasteiger charge is -2.40. The van der Waals surface area contributed by atoms with Crippen molar-refractivity contribution in [2.24, 2.45) is 0 Å². The molecule has 0 spiro atoms. The predicted molar refractivity (Wildman–Crippen MR) is 132 cm³/mol. The van der Waals surface area contributed by atoms with Gasteiger partial charge in [0, 0.05) is 11.6 Å². The Hall–Kier alpha value is -3.31. The van der Waals surface area contributed by atoms with E-state index in [1.54, 1.807) is 0 Å². The Morgan fingerprint density at radius 3 is 2.15 bits per heavy atom. The first-order valence-electron chi connectivity index (χ1n) is 12.2. The van der Waals surface area contributed by atoms with Crippen LogP contribution in [0.4, 0.5) is 0 Å². The first kappa shape index (κ1) is 28.2. The summed E-state index contributed by atoms with van der Waals surface area (Å²) in [5.41, 5.74) is -4.34. The fraction of sp³-hybridized carbons (Fsp3) is 0.423. The van der Waals surface area contributed by atoms with Gasteiger partial charge in [-0.05, 0) is 24.3 Å². The minimum absolute atomic E-state index is 0.0715. The minimum Gasteiger partial charge on any atom is -0.508 e. The van der Waals surface area contributed by atoms with E-state index in [0.717, 1.165) is 6.07 Å². The molecule has 2 fully saturated rings. The molecular weight excluding hydrogens is 536 g/mol. The summed E-state index contributed by atoms with van der Waals surface area (Å²) in [5, 5.41) is 104. The van der Waals surface area contributed by atoms with E-state index in [4.69, 9.17) is 13.9 Å². The standard InChI is InChI=1S/C26H28O14/c27-6-13-17(31)20(34)21(35)23(40-13)15-18(32)14-11(30)5-12(9-1-3-10(29)4-2-9)39-22(14)16(19(15)33)24-25(36)26(37,7-28)8-38-24/h1-5,13,17,20-21,23-25,27-29,31-37H,6-8H2. The Morgan fingerprint density at radius 1 is 0.875 bits per heavy atom. The molecule has 40 heavy (non-hydrogen) atoms. The highest BCUT2D eigenvalue weighted by molar-refractivity contribution is 5.92. The van der Waals surface area contributed by atoms with Crippen molar-refractivity contribution in [2.75, 3.05) is 19.8 Å². The summed E-state index contributed by atoms with van der Waals surface area (Å²) in [4.78, 5) is 13.4. The van der Waals surface area contributed by atoms with Crippen molar-refractivity contribution >= 4 is 11.0 Å². The maximum absolute atomic E-state index is 13.4. The first-order chi connectivity index (χ1) is 18.9. The highest BCUT2D eigenvalue weighted by Gasteiger charge is 2.52. The zero-order valence-electron chi connectivity index (χ0n) is 20.7. The Labute approximate surface area is 224 Å². The third kappa shape index (κ3) is 4.30. The van der Waals surface area contributed by atoms with Gasteiger partial charge in [0.25, 0.3) is 0 Å². The second-order valence-electron chi connectivity index (χ2n) is 9.94. The Balaban J connectivity index is 1.80. The summed E-state index contributed by atoms with van der Waals surface area (Å²) >= 11 is 0. The van der Waals surface area contributed by atoms with E-state index >= 15 is 0 Å². The molecule has 5 rings (SSSR count). The molecule has 10 N–H and O–H groups in total. The fourth-order valence-electron chi connectivity index (χ4n) is 5.12. The van der Waals surface area contributed by atoms with Gasteiger partial charge in [0.1, 0.15) is 76.7 Å². The maximum atomic E-state index is 13.4. The van der Waals surface area contributed by atoms with Crippen molar-refractivity contribution in [1.29, 1.82) is 0 Å². The highest BCUT2D eigenvalue weighted by Crippen LogP contribution is 2.51. The lowest BCUT2D eigenvalue weighted by Crippen LogP contribution is -2.55. The molecule has 2 aliphatic heterocycles. The summed E-state index contributed by atoms with van der Waals surface area (Å²) in [6, 6.07) is 6.49. The second-order valence-corrected chi connectivity index (χ2v) is 9.94. The number of aliphatic hydroxyl groups excluding tert-OH is 6. The van der Waals surface area contributed by atoms with Crippen LogP contribution in [0, 0.1) is 0 Å². The summed E-state index contributed by atoms with van der Waals surface area (Å²) in [6.45, 7) is -2.37. The van der Waals surface area contributed by atoms with Gasteiger partial charge >= 0.3 is 0 Å². The summed E-state index contributed by atoms with van der Waals surface area (Å²) in [6.07, 6.45) is -12.4. The quantitative estimate of drug-likeness (QED) is 0.165. The third-order valence-electron chi connectivity index (χ3n) is 7.43. The van der Waals surface area contributed by atoms with E-state index < -0.39 is 107 Å². The van der Waals surface area contributed by atoms with Gasteiger partial charge in [-0.25, -0.2) is 0 Å². The number of aliphatic hydroxyl groups is 7. The molecule has 2 saturated heterocycles. The number of phenolic OH excluding ortho intramolecular Hbond substituents is 3. The lowest BCUT2D eigenvalue weighted by molar-refractivity contribution is -0.232. The Morgan fingerprint density at radius 2 is 1.55 bits per heavy atom. The fourth-order valence-corrected chi connectivity index (χ4v) is 5.12. The van der Waals surface area contributed by atoms with Gasteiger partial charge < -0.3 is 65.0 Å². The molecule has 3 aromatic rings. The number of fused-ring (bicyclic) bond motifs is 1. The number of hydrogen-bond acceptors (Lipinski definition) is 14. The van der Waals surface area contributed by atoms with E-state index in [-0.39, 0.29) is 11.5 Å². The summed E-state index contributed by atoms with van der Waals surface area (Å²) < 4.78 is 16.9. The van der Waals surface area contributed by atoms with Crippen LogP contribution in [0.2, 0.25) is 0 Å². The van der Waals surface area contributed by atoms with Gasteiger partial charge in [0.15, 0.2) is 11.0 Å². The van der Waals surface area contributed by atoms with Crippen molar-refractivity contribution in [2.45, 2.75) is 48.3 Å². The molecule has 0 radical (unpaired) electrons. The summed E-state index contributed by atoms with van der Waals surface area (Å²) in [5.74, 6) is -2.01. The van der Waals surface area contributed by atoms with Crippen LogP contribution in [0.25, 0.3) is 22.3 Å². The molecule has 3 heterocycles. The minimum atomic E-state index is -2.18. The Kier molecular flexibility index (Phi) is 7.24. The van der Waals surface area contributed by atoms with E-state index in [9.17, 15) is 55.9 Å². The molecule has 216 valence electrons. The van der Waals surface area contributed by atoms with Gasteiger partial charge in [-0.15, -0.1) is 0 Å². The van der Waals surface area contributed by atoms with Gasteiger partial charge in [0.2, 0.25) is 0 Å². The van der Waals surface area contributed by atoms with Crippen LogP contribution < -0.4 is 5.43 Å². The monoisotopic (exact) mass is 564 g/mol. The molecule has 0 saturated carbocycles. The highest BCUT2D eigenvalue weighted by atomic mass is 16.6. The van der Waals surface area contributed by atoms with Crippen LogP contribution in [0.3, 0.4) is 0 Å². The van der Waals surface area contributed by atoms with E-state index in [1.807, 2.05) is 0 Å². The van der Waals surface area contributed by atoms with Crippen LogP contribution in [0.15, 0.2) is 39.5 Å². The normalized spacial score (nSPS) is 32.5. The molecule has 14 nitrogen and oxygen atoms in total. The number of phenols is 3. The predicted octanol–water partition coefficient (Wildman–Crippen LogP) is -1.75. The molecule has 2 aliphatic rings. The average molecular weight is 564 g/mol. The molecular formula is C26H28O14. The third-order valence-corrected chi connectivity index (χ3v) is 7.43. The molecule has 1 aromatic heterocycles. The molecule has 0 aliphatic carbocycles. The van der Waals surface area contributed by atoms with E-state index in [2.05, 4.69) is 0 Å². The van der Waals surface area contributed by atoms with Gasteiger partial charge in [-0.2, -0.15) is 0 Å². The number of hydrogen-bond donors (Lipinski definition) is 10. The van der Waals surface area contributed by atoms with Crippen LogP contribution in [-0.2, 0) is 9.47 Å². The maximum Gasteiger partial charge on any atom is 0.197 e. The van der Waals surface area contributed by atoms with E-state index in [1.165, 1.54) is 24.3 Å². The summed E-state index contributed by atoms with van der Waals surface area (Å²) in [7, 11) is 0. The van der Waals surface area contributed by atoms with Gasteiger partial charge in [0.05, 0.1) is 30.9 Å². The number of aromatic hydroxyl groups is 3. The van der Waals surface area contributed by atoms with Crippen molar-refractivity contribution in [3.05, 3.63) is 51.7 Å². The number of rotatable bonds is 5. The number of ether oxygens (including phenoxy) is 2. The molecule has 8 atom stereocenters. The van der Waals surface area contributed by atoms with Crippen LogP contribution in [0.5, 0.6) is 17.2 Å². The van der Waals surface area contributed by atoms with Gasteiger partial charge in [-0.1, -0.05) is 0 Å². The zero-order valence-corrected chi connectivity index (χ0v) is 20.7. The van der Waals surface area contributed by atoms with Crippen molar-refractivity contribution in [1.82, 2.24) is 0 Å². The van der Waals surface area contributed by atoms with Crippen molar-refractivity contribution in [3.63, 3.8) is 0 Å². The molecule has 8 unspecified atom stereocenters. The topological polar surface area (TPSA) is 251 Å². The van der Waals surface area contributed by atoms with E-state index in [0.29, 0.717) is 5.56 Å². The SMILES string of the molecule is O=c1cc(-c2ccc(O)cc2)oc2c(C3OCC(O)(CO)C3O)c(O)c(C3OC(CO)C(O)C(O)C3O)c(O)c12. The number of benzene rings is 2. The molecule has 14 heteroatoms. The molecule has 0 bridgehead atoms. The van der Waals surface area contributed by atoms with Gasteiger partial charge in [-0.3, -0.25) is 4.79 Å². The molecule has 2 aromatic carbocycles.